The Kier molecular flexibility index (Phi) is 4.04. The second kappa shape index (κ2) is 5.58. The monoisotopic (exact) mass is 280 g/mol. The van der Waals surface area contributed by atoms with Crippen LogP contribution in [0.4, 0.5) is 10.1 Å². The highest BCUT2D eigenvalue weighted by Gasteiger charge is 2.35. The van der Waals surface area contributed by atoms with Gasteiger partial charge in [-0.3, -0.25) is 4.79 Å². The van der Waals surface area contributed by atoms with Gasteiger partial charge in [-0.1, -0.05) is 0 Å². The highest BCUT2D eigenvalue weighted by atomic mass is 19.1. The summed E-state index contributed by atoms with van der Waals surface area (Å²) >= 11 is 0. The molecule has 0 saturated carbocycles. The topological polar surface area (TPSA) is 67.4 Å². The fourth-order valence-electron chi connectivity index (χ4n) is 2.23. The number of hydrogen-bond donors (Lipinski definition) is 2. The molecule has 6 heteroatoms. The standard InChI is InChI=1S/C14H17FN2O3/c1-14(6-3-7-16-14)13(19)17-9-4-5-11(15)10(8-9)12(18)20-2/h4-5,8,16H,3,6-7H2,1-2H3,(H,17,19). The Bertz CT molecular complexity index is 539. The van der Waals surface area contributed by atoms with Crippen LogP contribution in [-0.2, 0) is 9.53 Å². The van der Waals surface area contributed by atoms with Gasteiger partial charge in [0.2, 0.25) is 5.91 Å². The fourth-order valence-corrected chi connectivity index (χ4v) is 2.23. The van der Waals surface area contributed by atoms with Crippen LogP contribution in [0, 0.1) is 5.82 Å². The van der Waals surface area contributed by atoms with Crippen molar-refractivity contribution < 1.29 is 18.7 Å². The van der Waals surface area contributed by atoms with E-state index in [0.717, 1.165) is 25.5 Å². The van der Waals surface area contributed by atoms with Gasteiger partial charge >= 0.3 is 5.97 Å². The van der Waals surface area contributed by atoms with Gasteiger partial charge in [-0.05, 0) is 44.5 Å². The van der Waals surface area contributed by atoms with Crippen molar-refractivity contribution >= 4 is 17.6 Å². The second-order valence-corrected chi connectivity index (χ2v) is 5.00. The maximum atomic E-state index is 13.5. The summed E-state index contributed by atoms with van der Waals surface area (Å²) in [6.45, 7) is 2.61. The molecule has 0 aliphatic carbocycles. The first-order valence-electron chi connectivity index (χ1n) is 6.40. The van der Waals surface area contributed by atoms with Crippen LogP contribution in [0.2, 0.25) is 0 Å². The highest BCUT2D eigenvalue weighted by molar-refractivity contribution is 5.99. The Morgan fingerprint density at radius 1 is 1.45 bits per heavy atom. The number of amides is 1. The molecule has 1 aromatic carbocycles. The molecule has 1 fully saturated rings. The van der Waals surface area contributed by atoms with E-state index in [4.69, 9.17) is 0 Å². The number of halogens is 1. The van der Waals surface area contributed by atoms with Crippen molar-refractivity contribution in [3.63, 3.8) is 0 Å². The van der Waals surface area contributed by atoms with Crippen LogP contribution in [0.15, 0.2) is 18.2 Å². The average molecular weight is 280 g/mol. The molecule has 0 radical (unpaired) electrons. The zero-order chi connectivity index (χ0) is 14.8. The SMILES string of the molecule is COC(=O)c1cc(NC(=O)C2(C)CCCN2)ccc1F. The number of hydrogen-bond acceptors (Lipinski definition) is 4. The van der Waals surface area contributed by atoms with Gasteiger partial charge in [0.05, 0.1) is 18.2 Å². The number of benzene rings is 1. The van der Waals surface area contributed by atoms with Gasteiger partial charge in [0.15, 0.2) is 0 Å². The van der Waals surface area contributed by atoms with Crippen LogP contribution in [0.5, 0.6) is 0 Å². The molecule has 1 saturated heterocycles. The first-order chi connectivity index (χ1) is 9.46. The third-order valence-corrected chi connectivity index (χ3v) is 3.50. The number of methoxy groups -OCH3 is 1. The molecule has 1 amide bonds. The molecule has 1 aliphatic rings. The average Bonchev–Trinajstić information content (AvgIpc) is 2.88. The van der Waals surface area contributed by atoms with Crippen LogP contribution < -0.4 is 10.6 Å². The van der Waals surface area contributed by atoms with E-state index < -0.39 is 17.3 Å². The molecule has 2 rings (SSSR count). The minimum absolute atomic E-state index is 0.197. The number of esters is 1. The zero-order valence-corrected chi connectivity index (χ0v) is 11.5. The maximum Gasteiger partial charge on any atom is 0.340 e. The van der Waals surface area contributed by atoms with E-state index in [0.29, 0.717) is 5.69 Å². The van der Waals surface area contributed by atoms with Crippen molar-refractivity contribution in [1.29, 1.82) is 0 Å². The molecule has 20 heavy (non-hydrogen) atoms. The molecule has 0 bridgehead atoms. The van der Waals surface area contributed by atoms with Gasteiger partial charge in [0.25, 0.3) is 0 Å². The Morgan fingerprint density at radius 3 is 2.80 bits per heavy atom. The van der Waals surface area contributed by atoms with Crippen LogP contribution in [0.1, 0.15) is 30.1 Å². The fraction of sp³-hybridized carbons (Fsp3) is 0.429. The summed E-state index contributed by atoms with van der Waals surface area (Å²) in [6, 6.07) is 3.82. The molecule has 1 atom stereocenters. The van der Waals surface area contributed by atoms with E-state index in [-0.39, 0.29) is 11.5 Å². The molecule has 2 N–H and O–H groups in total. The summed E-state index contributed by atoms with van der Waals surface area (Å²) in [6.07, 6.45) is 1.67. The predicted octanol–water partition coefficient (Wildman–Crippen LogP) is 1.69. The van der Waals surface area contributed by atoms with E-state index in [1.165, 1.54) is 19.2 Å². The molecule has 1 unspecified atom stereocenters. The first kappa shape index (κ1) is 14.5. The van der Waals surface area contributed by atoms with Gasteiger partial charge in [-0.2, -0.15) is 0 Å². The Morgan fingerprint density at radius 2 is 2.20 bits per heavy atom. The third-order valence-electron chi connectivity index (χ3n) is 3.50. The lowest BCUT2D eigenvalue weighted by Crippen LogP contribution is -2.47. The van der Waals surface area contributed by atoms with Gasteiger partial charge in [-0.25, -0.2) is 9.18 Å². The second-order valence-electron chi connectivity index (χ2n) is 5.00. The van der Waals surface area contributed by atoms with Gasteiger partial charge in [0.1, 0.15) is 5.82 Å². The summed E-state index contributed by atoms with van der Waals surface area (Å²) in [7, 11) is 1.18. The van der Waals surface area contributed by atoms with E-state index in [9.17, 15) is 14.0 Å². The third kappa shape index (κ3) is 2.80. The zero-order valence-electron chi connectivity index (χ0n) is 11.5. The van der Waals surface area contributed by atoms with Crippen molar-refractivity contribution in [2.24, 2.45) is 0 Å². The van der Waals surface area contributed by atoms with E-state index in [1.807, 2.05) is 6.92 Å². The lowest BCUT2D eigenvalue weighted by atomic mass is 9.99. The molecule has 108 valence electrons. The van der Waals surface area contributed by atoms with Crippen molar-refractivity contribution in [2.75, 3.05) is 19.0 Å². The number of anilines is 1. The van der Waals surface area contributed by atoms with E-state index in [2.05, 4.69) is 15.4 Å². The quantitative estimate of drug-likeness (QED) is 0.827. The molecule has 5 nitrogen and oxygen atoms in total. The number of rotatable bonds is 3. The Balaban J connectivity index is 2.17. The molecule has 1 aliphatic heterocycles. The number of ether oxygens (including phenoxy) is 1. The van der Waals surface area contributed by atoms with Crippen molar-refractivity contribution in [3.05, 3.63) is 29.6 Å². The smallest absolute Gasteiger partial charge is 0.340 e. The van der Waals surface area contributed by atoms with Crippen LogP contribution in [0.3, 0.4) is 0 Å². The lowest BCUT2D eigenvalue weighted by molar-refractivity contribution is -0.121. The van der Waals surface area contributed by atoms with Crippen LogP contribution in [-0.4, -0.2) is 31.1 Å². The Hall–Kier alpha value is -1.95. The molecule has 1 aromatic rings. The van der Waals surface area contributed by atoms with E-state index in [1.54, 1.807) is 0 Å². The normalized spacial score (nSPS) is 21.6. The molecular weight excluding hydrogens is 263 g/mol. The summed E-state index contributed by atoms with van der Waals surface area (Å²) in [4.78, 5) is 23.6. The van der Waals surface area contributed by atoms with Crippen molar-refractivity contribution in [1.82, 2.24) is 5.32 Å². The lowest BCUT2D eigenvalue weighted by Gasteiger charge is -2.23. The van der Waals surface area contributed by atoms with Crippen molar-refractivity contribution in [3.8, 4) is 0 Å². The number of carbonyl (C=O) groups excluding carboxylic acids is 2. The van der Waals surface area contributed by atoms with E-state index >= 15 is 0 Å². The molecule has 0 aromatic heterocycles. The summed E-state index contributed by atoms with van der Waals surface area (Å²) < 4.78 is 18.0. The largest absolute Gasteiger partial charge is 0.465 e. The minimum atomic E-state index is -0.774. The molecule has 0 spiro atoms. The summed E-state index contributed by atoms with van der Waals surface area (Å²) in [5.74, 6) is -1.65. The number of carbonyl (C=O) groups is 2. The number of nitrogens with one attached hydrogen (secondary N) is 2. The molecule has 1 heterocycles. The van der Waals surface area contributed by atoms with Crippen molar-refractivity contribution in [2.45, 2.75) is 25.3 Å². The summed E-state index contributed by atoms with van der Waals surface area (Å²) in [5, 5.41) is 5.83. The van der Waals surface area contributed by atoms with Gasteiger partial charge in [-0.15, -0.1) is 0 Å². The van der Waals surface area contributed by atoms with Crippen LogP contribution in [0.25, 0.3) is 0 Å². The predicted molar refractivity (Wildman–Crippen MR) is 72.0 cm³/mol. The summed E-state index contributed by atoms with van der Waals surface area (Å²) in [5.41, 5.74) is -0.457. The first-order valence-corrected chi connectivity index (χ1v) is 6.40. The minimum Gasteiger partial charge on any atom is -0.465 e. The maximum absolute atomic E-state index is 13.5. The highest BCUT2D eigenvalue weighted by Crippen LogP contribution is 2.22. The van der Waals surface area contributed by atoms with Crippen LogP contribution >= 0.6 is 0 Å². The van der Waals surface area contributed by atoms with Gasteiger partial charge in [0, 0.05) is 5.69 Å². The van der Waals surface area contributed by atoms with Gasteiger partial charge < -0.3 is 15.4 Å². The molecular formula is C14H17FN2O3. The Labute approximate surface area is 116 Å².